The molecule has 0 spiro atoms. The van der Waals surface area contributed by atoms with E-state index in [9.17, 15) is 9.59 Å². The summed E-state index contributed by atoms with van der Waals surface area (Å²) in [7, 11) is 0. The molecular weight excluding hydrogens is 288 g/mol. The molecule has 2 aromatic rings. The number of amides is 2. The number of nitrogens with one attached hydrogen (secondary N) is 3. The number of carbonyl (C=O) groups is 2. The van der Waals surface area contributed by atoms with Crippen molar-refractivity contribution < 1.29 is 9.59 Å². The zero-order chi connectivity index (χ0) is 14.8. The maximum absolute atomic E-state index is 12.1. The standard InChI is InChI=1S/C14H16N4O2S/c1-8-2-3-10(21-8)5-12-14(20)17-11(13(19)18-12)4-9-6-15-7-16-9/h2-3,6-7,11-12H,4-5H2,1H3,(H,15,16)(H,17,20)(H,18,19). The normalized spacial score (nSPS) is 22.0. The molecule has 1 aliphatic heterocycles. The molecule has 0 saturated carbocycles. The summed E-state index contributed by atoms with van der Waals surface area (Å²) in [5.74, 6) is -0.285. The van der Waals surface area contributed by atoms with E-state index >= 15 is 0 Å². The Balaban J connectivity index is 1.63. The van der Waals surface area contributed by atoms with Gasteiger partial charge in [-0.25, -0.2) is 4.98 Å². The van der Waals surface area contributed by atoms with Gasteiger partial charge in [0, 0.05) is 34.5 Å². The summed E-state index contributed by atoms with van der Waals surface area (Å²) in [4.78, 5) is 33.4. The van der Waals surface area contributed by atoms with Crippen LogP contribution in [0.2, 0.25) is 0 Å². The minimum Gasteiger partial charge on any atom is -0.348 e. The van der Waals surface area contributed by atoms with Gasteiger partial charge in [0.05, 0.1) is 6.33 Å². The molecule has 2 aromatic heterocycles. The molecule has 3 rings (SSSR count). The van der Waals surface area contributed by atoms with E-state index in [-0.39, 0.29) is 11.8 Å². The van der Waals surface area contributed by atoms with Crippen LogP contribution in [0.4, 0.5) is 0 Å². The number of piperazine rings is 1. The third-order valence-electron chi connectivity index (χ3n) is 3.45. The predicted octanol–water partition coefficient (Wildman–Crippen LogP) is 0.548. The van der Waals surface area contributed by atoms with E-state index in [1.807, 2.05) is 19.1 Å². The van der Waals surface area contributed by atoms with Crippen LogP contribution in [0.25, 0.3) is 0 Å². The number of hydrogen-bond acceptors (Lipinski definition) is 4. The van der Waals surface area contributed by atoms with Gasteiger partial charge in [-0.3, -0.25) is 9.59 Å². The van der Waals surface area contributed by atoms with Crippen LogP contribution in [0.5, 0.6) is 0 Å². The molecule has 1 fully saturated rings. The van der Waals surface area contributed by atoms with Crippen LogP contribution < -0.4 is 10.6 Å². The zero-order valence-corrected chi connectivity index (χ0v) is 12.4. The van der Waals surface area contributed by atoms with Crippen molar-refractivity contribution in [1.29, 1.82) is 0 Å². The largest absolute Gasteiger partial charge is 0.348 e. The van der Waals surface area contributed by atoms with Crippen LogP contribution in [-0.4, -0.2) is 33.9 Å². The molecule has 110 valence electrons. The molecule has 21 heavy (non-hydrogen) atoms. The topological polar surface area (TPSA) is 86.9 Å². The molecule has 7 heteroatoms. The van der Waals surface area contributed by atoms with Gasteiger partial charge in [-0.15, -0.1) is 11.3 Å². The number of aromatic nitrogens is 2. The van der Waals surface area contributed by atoms with E-state index in [0.29, 0.717) is 12.8 Å². The van der Waals surface area contributed by atoms with Crippen LogP contribution in [-0.2, 0) is 22.4 Å². The Bertz CT molecular complexity index is 650. The number of carbonyl (C=O) groups excluding carboxylic acids is 2. The van der Waals surface area contributed by atoms with Crippen molar-refractivity contribution in [2.24, 2.45) is 0 Å². The SMILES string of the molecule is Cc1ccc(CC2NC(=O)C(Cc3cnc[nH]3)NC2=O)s1. The Morgan fingerprint density at radius 1 is 1.14 bits per heavy atom. The molecule has 1 aliphatic rings. The van der Waals surface area contributed by atoms with Gasteiger partial charge in [0.15, 0.2) is 0 Å². The highest BCUT2D eigenvalue weighted by Crippen LogP contribution is 2.18. The van der Waals surface area contributed by atoms with Crippen molar-refractivity contribution in [3.63, 3.8) is 0 Å². The number of imidazole rings is 1. The lowest BCUT2D eigenvalue weighted by molar-refractivity contribution is -0.136. The van der Waals surface area contributed by atoms with Crippen molar-refractivity contribution in [1.82, 2.24) is 20.6 Å². The molecule has 2 amide bonds. The smallest absolute Gasteiger partial charge is 0.243 e. The van der Waals surface area contributed by atoms with E-state index in [4.69, 9.17) is 0 Å². The van der Waals surface area contributed by atoms with E-state index < -0.39 is 12.1 Å². The molecule has 3 heterocycles. The van der Waals surface area contributed by atoms with Gasteiger partial charge in [-0.05, 0) is 19.1 Å². The average molecular weight is 304 g/mol. The first-order valence-electron chi connectivity index (χ1n) is 6.75. The zero-order valence-electron chi connectivity index (χ0n) is 11.6. The van der Waals surface area contributed by atoms with Gasteiger partial charge in [0.2, 0.25) is 11.8 Å². The highest BCUT2D eigenvalue weighted by atomic mass is 32.1. The predicted molar refractivity (Wildman–Crippen MR) is 78.9 cm³/mol. The molecule has 0 aromatic carbocycles. The maximum atomic E-state index is 12.1. The molecular formula is C14H16N4O2S. The lowest BCUT2D eigenvalue weighted by atomic mass is 10.0. The first-order valence-corrected chi connectivity index (χ1v) is 7.57. The fraction of sp³-hybridized carbons (Fsp3) is 0.357. The van der Waals surface area contributed by atoms with Gasteiger partial charge in [-0.1, -0.05) is 0 Å². The summed E-state index contributed by atoms with van der Waals surface area (Å²) in [6.45, 7) is 2.02. The van der Waals surface area contributed by atoms with Crippen LogP contribution in [0.15, 0.2) is 24.7 Å². The summed E-state index contributed by atoms with van der Waals surface area (Å²) in [5.41, 5.74) is 0.822. The molecule has 1 saturated heterocycles. The number of hydrogen-bond donors (Lipinski definition) is 3. The number of thiophene rings is 1. The van der Waals surface area contributed by atoms with Crippen LogP contribution >= 0.6 is 11.3 Å². The second-order valence-electron chi connectivity index (χ2n) is 5.12. The lowest BCUT2D eigenvalue weighted by Gasteiger charge is -2.29. The summed E-state index contributed by atoms with van der Waals surface area (Å²) < 4.78 is 0. The highest BCUT2D eigenvalue weighted by molar-refractivity contribution is 7.11. The molecule has 0 aliphatic carbocycles. The summed E-state index contributed by atoms with van der Waals surface area (Å²) in [5, 5.41) is 5.60. The first kappa shape index (κ1) is 13.8. The maximum Gasteiger partial charge on any atom is 0.243 e. The number of H-pyrrole nitrogens is 1. The van der Waals surface area contributed by atoms with E-state index in [0.717, 1.165) is 10.6 Å². The molecule has 2 atom stereocenters. The molecule has 0 bridgehead atoms. The monoisotopic (exact) mass is 304 g/mol. The third kappa shape index (κ3) is 3.13. The summed E-state index contributed by atoms with van der Waals surface area (Å²) in [6.07, 6.45) is 4.16. The lowest BCUT2D eigenvalue weighted by Crippen LogP contribution is -2.62. The summed E-state index contributed by atoms with van der Waals surface area (Å²) >= 11 is 1.64. The average Bonchev–Trinajstić information content (AvgIpc) is 3.07. The fourth-order valence-electron chi connectivity index (χ4n) is 2.38. The second-order valence-corrected chi connectivity index (χ2v) is 6.49. The Kier molecular flexibility index (Phi) is 3.74. The van der Waals surface area contributed by atoms with Crippen molar-refractivity contribution in [2.45, 2.75) is 31.8 Å². The van der Waals surface area contributed by atoms with Crippen LogP contribution in [0.3, 0.4) is 0 Å². The molecule has 3 N–H and O–H groups in total. The van der Waals surface area contributed by atoms with Crippen LogP contribution in [0, 0.1) is 6.92 Å². The Morgan fingerprint density at radius 3 is 2.43 bits per heavy atom. The quantitative estimate of drug-likeness (QED) is 0.771. The summed E-state index contributed by atoms with van der Waals surface area (Å²) in [6, 6.07) is 2.98. The Morgan fingerprint density at radius 2 is 1.86 bits per heavy atom. The number of rotatable bonds is 4. The number of aromatic amines is 1. The molecule has 0 radical (unpaired) electrons. The van der Waals surface area contributed by atoms with Crippen molar-refractivity contribution in [3.05, 3.63) is 40.1 Å². The number of nitrogens with zero attached hydrogens (tertiary/aromatic N) is 1. The second kappa shape index (κ2) is 5.69. The van der Waals surface area contributed by atoms with Gasteiger partial charge in [0.25, 0.3) is 0 Å². The van der Waals surface area contributed by atoms with Gasteiger partial charge in [-0.2, -0.15) is 0 Å². The fourth-order valence-corrected chi connectivity index (χ4v) is 3.31. The van der Waals surface area contributed by atoms with Gasteiger partial charge in [0.1, 0.15) is 12.1 Å². The van der Waals surface area contributed by atoms with Gasteiger partial charge < -0.3 is 15.6 Å². The highest BCUT2D eigenvalue weighted by Gasteiger charge is 2.33. The minimum atomic E-state index is -0.542. The van der Waals surface area contributed by atoms with E-state index in [1.165, 1.54) is 4.88 Å². The first-order chi connectivity index (χ1) is 10.1. The van der Waals surface area contributed by atoms with Gasteiger partial charge >= 0.3 is 0 Å². The van der Waals surface area contributed by atoms with Crippen LogP contribution in [0.1, 0.15) is 15.4 Å². The Labute approximate surface area is 126 Å². The van der Waals surface area contributed by atoms with E-state index in [1.54, 1.807) is 23.9 Å². The third-order valence-corrected chi connectivity index (χ3v) is 4.47. The van der Waals surface area contributed by atoms with Crippen molar-refractivity contribution >= 4 is 23.2 Å². The molecule has 2 unspecified atom stereocenters. The Hall–Kier alpha value is -2.15. The molecule has 6 nitrogen and oxygen atoms in total. The minimum absolute atomic E-state index is 0.134. The number of aryl methyl sites for hydroxylation is 1. The van der Waals surface area contributed by atoms with E-state index in [2.05, 4.69) is 20.6 Å². The van der Waals surface area contributed by atoms with Crippen molar-refractivity contribution in [3.8, 4) is 0 Å². The van der Waals surface area contributed by atoms with Crippen molar-refractivity contribution in [2.75, 3.05) is 0 Å².